The molecule has 1 N–H and O–H groups in total. The van der Waals surface area contributed by atoms with E-state index >= 15 is 0 Å². The Bertz CT molecular complexity index is 1260. The van der Waals surface area contributed by atoms with E-state index in [1.165, 1.54) is 6.07 Å². The van der Waals surface area contributed by atoms with Gasteiger partial charge in [0.25, 0.3) is 5.56 Å². The molecule has 1 aliphatic heterocycles. The largest absolute Gasteiger partial charge is 0.497 e. The third kappa shape index (κ3) is 3.84. The first kappa shape index (κ1) is 20.2. The number of fused-ring (bicyclic) bond motifs is 3. The highest BCUT2D eigenvalue weighted by Gasteiger charge is 2.31. The van der Waals surface area contributed by atoms with Crippen LogP contribution >= 0.6 is 0 Å². The normalized spacial score (nSPS) is 18.4. The van der Waals surface area contributed by atoms with E-state index in [0.29, 0.717) is 16.1 Å². The molecule has 3 aromatic rings. The van der Waals surface area contributed by atoms with Gasteiger partial charge in [-0.3, -0.25) is 9.79 Å². The Kier molecular flexibility index (Phi) is 5.13. The number of aryl methyl sites for hydroxylation is 1. The zero-order valence-electron chi connectivity index (χ0n) is 16.6. The standard InChI is InChI=1S/C23H21F3N2O2/c1-13-11-18-17-12-15(23(24,25)26)6-10-20(17)28-22(29)21(18)27-19(13)9-5-14-3-7-16(30-2)8-4-14/h3-4,6-8,10-13,19H,5,9H2,1-2H3,(H,28,29). The summed E-state index contributed by atoms with van der Waals surface area (Å²) in [5, 5.41) is 1.05. The molecule has 2 unspecified atom stereocenters. The molecule has 0 spiro atoms. The number of benzene rings is 2. The van der Waals surface area contributed by atoms with Crippen LogP contribution in [0.5, 0.6) is 5.75 Å². The van der Waals surface area contributed by atoms with Gasteiger partial charge >= 0.3 is 6.18 Å². The number of rotatable bonds is 4. The fourth-order valence-corrected chi connectivity index (χ4v) is 3.87. The Morgan fingerprint density at radius 1 is 1.13 bits per heavy atom. The van der Waals surface area contributed by atoms with Crippen LogP contribution in [-0.4, -0.2) is 18.1 Å². The van der Waals surface area contributed by atoms with E-state index in [4.69, 9.17) is 4.74 Å². The third-order valence-electron chi connectivity index (χ3n) is 5.57. The molecule has 7 heteroatoms. The van der Waals surface area contributed by atoms with Crippen LogP contribution in [-0.2, 0) is 12.6 Å². The Morgan fingerprint density at radius 2 is 1.87 bits per heavy atom. The van der Waals surface area contributed by atoms with Crippen LogP contribution in [0.25, 0.3) is 17.0 Å². The van der Waals surface area contributed by atoms with E-state index < -0.39 is 11.7 Å². The lowest BCUT2D eigenvalue weighted by atomic mass is 9.92. The topological polar surface area (TPSA) is 54.4 Å². The lowest BCUT2D eigenvalue weighted by Gasteiger charge is -2.21. The minimum atomic E-state index is -4.45. The number of hydrogen-bond donors (Lipinski definition) is 1. The Morgan fingerprint density at radius 3 is 2.53 bits per heavy atom. The van der Waals surface area contributed by atoms with Crippen molar-refractivity contribution >= 4 is 17.0 Å². The number of halogens is 3. The van der Waals surface area contributed by atoms with Crippen molar-refractivity contribution < 1.29 is 17.9 Å². The molecular weight excluding hydrogens is 393 g/mol. The quantitative estimate of drug-likeness (QED) is 0.709. The first-order valence-corrected chi connectivity index (χ1v) is 9.72. The highest BCUT2D eigenvalue weighted by atomic mass is 19.4. The van der Waals surface area contributed by atoms with E-state index in [1.54, 1.807) is 7.11 Å². The number of H-pyrrole nitrogens is 1. The molecule has 156 valence electrons. The minimum Gasteiger partial charge on any atom is -0.497 e. The molecule has 0 amide bonds. The molecule has 0 radical (unpaired) electrons. The highest BCUT2D eigenvalue weighted by Crippen LogP contribution is 2.30. The van der Waals surface area contributed by atoms with Crippen molar-refractivity contribution in [3.63, 3.8) is 0 Å². The van der Waals surface area contributed by atoms with E-state index in [9.17, 15) is 18.0 Å². The SMILES string of the molecule is COc1ccc(CCC2N=c3c(=O)[nH]c4ccc(C(F)(F)F)cc4c3=CC2C)cc1. The number of methoxy groups -OCH3 is 1. The van der Waals surface area contributed by atoms with Crippen molar-refractivity contribution in [3.8, 4) is 5.75 Å². The van der Waals surface area contributed by atoms with Crippen LogP contribution in [0.1, 0.15) is 24.5 Å². The number of alkyl halides is 3. The summed E-state index contributed by atoms with van der Waals surface area (Å²) in [5.41, 5.74) is 0.384. The number of pyridine rings is 1. The van der Waals surface area contributed by atoms with Crippen molar-refractivity contribution in [2.45, 2.75) is 32.0 Å². The summed E-state index contributed by atoms with van der Waals surface area (Å²) in [6.07, 6.45) is -1.08. The molecule has 0 fully saturated rings. The molecule has 2 aromatic carbocycles. The number of nitrogens with zero attached hydrogens (tertiary/aromatic N) is 1. The van der Waals surface area contributed by atoms with E-state index in [2.05, 4.69) is 9.98 Å². The van der Waals surface area contributed by atoms with Gasteiger partial charge in [0.2, 0.25) is 0 Å². The number of ether oxygens (including phenoxy) is 1. The van der Waals surface area contributed by atoms with Gasteiger partial charge in [0.1, 0.15) is 11.1 Å². The van der Waals surface area contributed by atoms with E-state index in [1.807, 2.05) is 37.3 Å². The summed E-state index contributed by atoms with van der Waals surface area (Å²) in [4.78, 5) is 19.9. The maximum Gasteiger partial charge on any atom is 0.416 e. The van der Waals surface area contributed by atoms with Crippen molar-refractivity contribution in [2.24, 2.45) is 10.9 Å². The van der Waals surface area contributed by atoms with Gasteiger partial charge in [0.15, 0.2) is 0 Å². The molecule has 2 heterocycles. The second kappa shape index (κ2) is 7.63. The summed E-state index contributed by atoms with van der Waals surface area (Å²) >= 11 is 0. The van der Waals surface area contributed by atoms with E-state index in [-0.39, 0.29) is 22.9 Å². The van der Waals surface area contributed by atoms with Crippen molar-refractivity contribution in [3.05, 3.63) is 74.5 Å². The molecule has 30 heavy (non-hydrogen) atoms. The van der Waals surface area contributed by atoms with Gasteiger partial charge in [-0.1, -0.05) is 25.1 Å². The molecule has 0 bridgehead atoms. The first-order valence-electron chi connectivity index (χ1n) is 9.72. The average molecular weight is 414 g/mol. The molecule has 0 aliphatic carbocycles. The van der Waals surface area contributed by atoms with Crippen molar-refractivity contribution in [2.75, 3.05) is 7.11 Å². The van der Waals surface area contributed by atoms with Gasteiger partial charge < -0.3 is 9.72 Å². The predicted octanol–water partition coefficient (Wildman–Crippen LogP) is 3.61. The molecule has 4 rings (SSSR count). The molecule has 0 saturated carbocycles. The van der Waals surface area contributed by atoms with Crippen molar-refractivity contribution in [1.29, 1.82) is 0 Å². The molecule has 2 atom stereocenters. The molecule has 1 aromatic heterocycles. The fourth-order valence-electron chi connectivity index (χ4n) is 3.87. The van der Waals surface area contributed by atoms with Gasteiger partial charge in [0.05, 0.1) is 18.7 Å². The third-order valence-corrected chi connectivity index (χ3v) is 5.57. The Balaban J connectivity index is 1.71. The maximum atomic E-state index is 13.2. The minimum absolute atomic E-state index is 0.00436. The Labute approximate surface area is 170 Å². The summed E-state index contributed by atoms with van der Waals surface area (Å²) < 4.78 is 44.7. The van der Waals surface area contributed by atoms with Crippen LogP contribution in [0.15, 0.2) is 52.3 Å². The number of aromatic nitrogens is 1. The molecular formula is C23H21F3N2O2. The van der Waals surface area contributed by atoms with E-state index in [0.717, 1.165) is 36.3 Å². The second-order valence-electron chi connectivity index (χ2n) is 7.58. The summed E-state index contributed by atoms with van der Waals surface area (Å²) in [7, 11) is 1.61. The smallest absolute Gasteiger partial charge is 0.416 e. The summed E-state index contributed by atoms with van der Waals surface area (Å²) in [5.74, 6) is 0.781. The molecule has 0 saturated heterocycles. The maximum absolute atomic E-state index is 13.2. The van der Waals surface area contributed by atoms with Gasteiger partial charge in [-0.05, 0) is 54.7 Å². The predicted molar refractivity (Wildman–Crippen MR) is 109 cm³/mol. The van der Waals surface area contributed by atoms with Crippen LogP contribution in [0.2, 0.25) is 0 Å². The van der Waals surface area contributed by atoms with Crippen molar-refractivity contribution in [1.82, 2.24) is 4.98 Å². The molecule has 4 nitrogen and oxygen atoms in total. The van der Waals surface area contributed by atoms with Crippen LogP contribution in [0, 0.1) is 5.92 Å². The van der Waals surface area contributed by atoms with Gasteiger partial charge in [0, 0.05) is 16.1 Å². The highest BCUT2D eigenvalue weighted by molar-refractivity contribution is 5.80. The van der Waals surface area contributed by atoms with Crippen LogP contribution in [0.3, 0.4) is 0 Å². The van der Waals surface area contributed by atoms with Gasteiger partial charge in [-0.15, -0.1) is 0 Å². The number of hydrogen-bond acceptors (Lipinski definition) is 3. The summed E-state index contributed by atoms with van der Waals surface area (Å²) in [6, 6.07) is 11.0. The number of nitrogens with one attached hydrogen (secondary N) is 1. The second-order valence-corrected chi connectivity index (χ2v) is 7.58. The molecule has 1 aliphatic rings. The van der Waals surface area contributed by atoms with Crippen LogP contribution < -0.4 is 20.9 Å². The zero-order chi connectivity index (χ0) is 21.5. The monoisotopic (exact) mass is 414 g/mol. The Hall–Kier alpha value is -3.09. The number of aromatic amines is 1. The lowest BCUT2D eigenvalue weighted by Crippen LogP contribution is -2.46. The lowest BCUT2D eigenvalue weighted by molar-refractivity contribution is -0.137. The van der Waals surface area contributed by atoms with Gasteiger partial charge in [-0.25, -0.2) is 0 Å². The summed E-state index contributed by atoms with van der Waals surface area (Å²) in [6.45, 7) is 1.98. The fraction of sp³-hybridized carbons (Fsp3) is 0.304. The average Bonchev–Trinajstić information content (AvgIpc) is 2.72. The zero-order valence-corrected chi connectivity index (χ0v) is 16.6. The van der Waals surface area contributed by atoms with Crippen LogP contribution in [0.4, 0.5) is 13.2 Å². The first-order chi connectivity index (χ1) is 14.3. The van der Waals surface area contributed by atoms with Gasteiger partial charge in [-0.2, -0.15) is 13.2 Å².